The minimum atomic E-state index is -0.167. The molecule has 3 heteroatoms. The Labute approximate surface area is 329 Å². The van der Waals surface area contributed by atoms with Crippen molar-refractivity contribution in [3.63, 3.8) is 0 Å². The summed E-state index contributed by atoms with van der Waals surface area (Å²) in [5.41, 5.74) is 16.6. The molecule has 0 N–H and O–H groups in total. The Morgan fingerprint density at radius 1 is 0.482 bits per heavy atom. The zero-order chi connectivity index (χ0) is 38.7. The van der Waals surface area contributed by atoms with Crippen molar-refractivity contribution in [1.29, 1.82) is 0 Å². The summed E-state index contributed by atoms with van der Waals surface area (Å²) >= 11 is 0. The first-order chi connectivity index (χ1) is 26.8. The van der Waals surface area contributed by atoms with Crippen LogP contribution >= 0.6 is 0 Å². The van der Waals surface area contributed by atoms with Crippen molar-refractivity contribution >= 4 is 60.9 Å². The summed E-state index contributed by atoms with van der Waals surface area (Å²) in [6.45, 7) is 18.5. The maximum absolute atomic E-state index is 6.96. The van der Waals surface area contributed by atoms with E-state index in [0.29, 0.717) is 0 Å². The van der Waals surface area contributed by atoms with Gasteiger partial charge in [-0.05, 0) is 98.3 Å². The molecule has 2 aromatic heterocycles. The van der Waals surface area contributed by atoms with Gasteiger partial charge in [-0.15, -0.1) is 0 Å². The van der Waals surface area contributed by atoms with Crippen LogP contribution in [0, 0.1) is 0 Å². The highest BCUT2D eigenvalue weighted by Crippen LogP contribution is 2.53. The fourth-order valence-electron chi connectivity index (χ4n) is 9.22. The standard InChI is InChI=1S/C53H47NO2/c1-51(2,3)33-29-38-47-42(22-15-25-44(47)56-50(38)41(30-33)52(4,5)6)54(34-27-28-37-36-19-12-13-21-39(36)53(7,8)40(37)31-34)43-23-16-26-46-49(43)48-35(20-14-24-45(48)55-46)32-17-10-9-11-18-32/h9-31H,1-8H3. The fourth-order valence-corrected chi connectivity index (χ4v) is 9.22. The van der Waals surface area contributed by atoms with E-state index >= 15 is 0 Å². The number of benzene rings is 7. The molecule has 0 radical (unpaired) electrons. The van der Waals surface area contributed by atoms with Gasteiger partial charge in [0.25, 0.3) is 0 Å². The first kappa shape index (κ1) is 34.4. The number of nitrogens with zero attached hydrogens (tertiary/aromatic N) is 1. The van der Waals surface area contributed by atoms with Crippen LogP contribution in [0.25, 0.3) is 66.1 Å². The third-order valence-electron chi connectivity index (χ3n) is 12.1. The maximum Gasteiger partial charge on any atom is 0.139 e. The zero-order valence-corrected chi connectivity index (χ0v) is 33.5. The molecule has 56 heavy (non-hydrogen) atoms. The summed E-state index contributed by atoms with van der Waals surface area (Å²) in [6, 6.07) is 50.8. The summed E-state index contributed by atoms with van der Waals surface area (Å²) in [7, 11) is 0. The molecule has 10 rings (SSSR count). The van der Waals surface area contributed by atoms with Crippen molar-refractivity contribution in [2.24, 2.45) is 0 Å². The van der Waals surface area contributed by atoms with Crippen LogP contribution in [0.3, 0.4) is 0 Å². The molecule has 1 aliphatic rings. The van der Waals surface area contributed by atoms with Gasteiger partial charge in [0.05, 0.1) is 22.1 Å². The molecule has 0 atom stereocenters. The van der Waals surface area contributed by atoms with Crippen molar-refractivity contribution in [3.8, 4) is 22.3 Å². The van der Waals surface area contributed by atoms with Crippen molar-refractivity contribution in [2.75, 3.05) is 4.90 Å². The van der Waals surface area contributed by atoms with Crippen molar-refractivity contribution < 1.29 is 8.83 Å². The average molecular weight is 730 g/mol. The van der Waals surface area contributed by atoms with Crippen LogP contribution in [0.15, 0.2) is 148 Å². The lowest BCUT2D eigenvalue weighted by Gasteiger charge is -2.29. The van der Waals surface area contributed by atoms with Gasteiger partial charge >= 0.3 is 0 Å². The Morgan fingerprint density at radius 3 is 1.80 bits per heavy atom. The molecule has 0 amide bonds. The van der Waals surface area contributed by atoms with Gasteiger partial charge in [-0.25, -0.2) is 0 Å². The highest BCUT2D eigenvalue weighted by molar-refractivity contribution is 6.21. The number of rotatable bonds is 4. The topological polar surface area (TPSA) is 29.5 Å². The van der Waals surface area contributed by atoms with E-state index in [1.165, 1.54) is 33.4 Å². The Bertz CT molecular complexity index is 3020. The van der Waals surface area contributed by atoms with Gasteiger partial charge in [-0.2, -0.15) is 0 Å². The van der Waals surface area contributed by atoms with Gasteiger partial charge in [0.1, 0.15) is 22.3 Å². The fraction of sp³-hybridized carbons (Fsp3) is 0.208. The number of anilines is 3. The van der Waals surface area contributed by atoms with Gasteiger partial charge in [0.2, 0.25) is 0 Å². The molecule has 0 fully saturated rings. The second-order valence-electron chi connectivity index (χ2n) is 18.2. The summed E-state index contributed by atoms with van der Waals surface area (Å²) in [5.74, 6) is 0. The molecule has 0 bridgehead atoms. The van der Waals surface area contributed by atoms with Crippen LogP contribution in [0.4, 0.5) is 17.1 Å². The monoisotopic (exact) mass is 729 g/mol. The lowest BCUT2D eigenvalue weighted by atomic mass is 9.79. The second-order valence-corrected chi connectivity index (χ2v) is 18.2. The Balaban J connectivity index is 1.34. The minimum absolute atomic E-state index is 0.0534. The van der Waals surface area contributed by atoms with Crippen LogP contribution in [0.1, 0.15) is 77.6 Å². The highest BCUT2D eigenvalue weighted by Gasteiger charge is 2.36. The third kappa shape index (κ3) is 5.10. The SMILES string of the molecule is CC(C)(C)c1cc(C(C)(C)C)c2oc3cccc(N(c4ccc5c(c4)C(C)(C)c4ccccc4-5)c4cccc5oc6cccc(-c7ccccc7)c6c45)c3c2c1. The molecule has 0 unspecified atom stereocenters. The van der Waals surface area contributed by atoms with Crippen LogP contribution in [-0.2, 0) is 16.2 Å². The summed E-state index contributed by atoms with van der Waals surface area (Å²) in [5, 5.41) is 4.44. The van der Waals surface area contributed by atoms with Crippen LogP contribution in [0.5, 0.6) is 0 Å². The normalized spacial score (nSPS) is 13.9. The lowest BCUT2D eigenvalue weighted by molar-refractivity contribution is 0.559. The van der Waals surface area contributed by atoms with Crippen molar-refractivity contribution in [2.45, 2.75) is 71.6 Å². The Morgan fingerprint density at radius 2 is 1.09 bits per heavy atom. The highest BCUT2D eigenvalue weighted by atomic mass is 16.3. The average Bonchev–Trinajstić information content (AvgIpc) is 3.83. The van der Waals surface area contributed by atoms with Crippen LogP contribution < -0.4 is 4.90 Å². The van der Waals surface area contributed by atoms with Gasteiger partial charge in [-0.1, -0.05) is 146 Å². The van der Waals surface area contributed by atoms with Crippen molar-refractivity contribution in [3.05, 3.63) is 162 Å². The number of furan rings is 2. The minimum Gasteiger partial charge on any atom is -0.456 e. The molecule has 0 spiro atoms. The van der Waals surface area contributed by atoms with E-state index in [1.54, 1.807) is 0 Å². The second kappa shape index (κ2) is 12.0. The molecule has 3 nitrogen and oxygen atoms in total. The molecule has 2 heterocycles. The predicted molar refractivity (Wildman–Crippen MR) is 236 cm³/mol. The number of hydrogen-bond donors (Lipinski definition) is 0. The predicted octanol–water partition coefficient (Wildman–Crippen LogP) is 15.5. The van der Waals surface area contributed by atoms with E-state index in [1.807, 2.05) is 0 Å². The summed E-state index contributed by atoms with van der Waals surface area (Å²) < 4.78 is 13.7. The molecular formula is C53H47NO2. The first-order valence-electron chi connectivity index (χ1n) is 19.9. The van der Waals surface area contributed by atoms with Crippen LogP contribution in [0.2, 0.25) is 0 Å². The quantitative estimate of drug-likeness (QED) is 0.181. The molecule has 276 valence electrons. The lowest BCUT2D eigenvalue weighted by Crippen LogP contribution is -2.17. The number of fused-ring (bicyclic) bond motifs is 9. The largest absolute Gasteiger partial charge is 0.456 e. The molecule has 0 saturated heterocycles. The Hall–Kier alpha value is -6.06. The van der Waals surface area contributed by atoms with E-state index in [4.69, 9.17) is 8.83 Å². The maximum atomic E-state index is 6.96. The number of hydrogen-bond acceptors (Lipinski definition) is 3. The zero-order valence-electron chi connectivity index (χ0n) is 33.5. The molecule has 1 aliphatic carbocycles. The molecule has 0 aliphatic heterocycles. The van der Waals surface area contributed by atoms with E-state index in [-0.39, 0.29) is 16.2 Å². The van der Waals surface area contributed by atoms with Gasteiger partial charge in [-0.3, -0.25) is 0 Å². The molecular weight excluding hydrogens is 683 g/mol. The van der Waals surface area contributed by atoms with E-state index < -0.39 is 0 Å². The Kier molecular flexibility index (Phi) is 7.36. The molecule has 9 aromatic rings. The van der Waals surface area contributed by atoms with Gasteiger partial charge < -0.3 is 13.7 Å². The first-order valence-corrected chi connectivity index (χ1v) is 19.9. The molecule has 0 saturated carbocycles. The van der Waals surface area contributed by atoms with E-state index in [2.05, 4.69) is 200 Å². The van der Waals surface area contributed by atoms with Crippen molar-refractivity contribution in [1.82, 2.24) is 0 Å². The summed E-state index contributed by atoms with van der Waals surface area (Å²) in [4.78, 5) is 2.47. The van der Waals surface area contributed by atoms with Gasteiger partial charge in [0.15, 0.2) is 0 Å². The van der Waals surface area contributed by atoms with Crippen LogP contribution in [-0.4, -0.2) is 0 Å². The third-order valence-corrected chi connectivity index (χ3v) is 12.1. The van der Waals surface area contributed by atoms with E-state index in [0.717, 1.165) is 72.1 Å². The summed E-state index contributed by atoms with van der Waals surface area (Å²) in [6.07, 6.45) is 0. The smallest absolute Gasteiger partial charge is 0.139 e. The van der Waals surface area contributed by atoms with Gasteiger partial charge in [0, 0.05) is 27.4 Å². The molecule has 7 aromatic carbocycles. The van der Waals surface area contributed by atoms with E-state index in [9.17, 15) is 0 Å².